The molecule has 0 amide bonds. The molecule has 0 bridgehead atoms. The number of aliphatic hydroxyl groups is 1. The fraction of sp³-hybridized carbons (Fsp3) is 0.333. The lowest BCUT2D eigenvalue weighted by Gasteiger charge is -2.15. The Morgan fingerprint density at radius 2 is 2.15 bits per heavy atom. The van der Waals surface area contributed by atoms with E-state index in [1.807, 2.05) is 23.0 Å². The van der Waals surface area contributed by atoms with E-state index in [0.717, 1.165) is 29.2 Å². The summed E-state index contributed by atoms with van der Waals surface area (Å²) in [5, 5.41) is 14.5. The van der Waals surface area contributed by atoms with Gasteiger partial charge in [0.25, 0.3) is 0 Å². The normalized spacial score (nSPS) is 15.2. The molecule has 4 nitrogen and oxygen atoms in total. The Hall–Kier alpha value is -2.53. The fourth-order valence-corrected chi connectivity index (χ4v) is 3.33. The minimum Gasteiger partial charge on any atom is -0.389 e. The van der Waals surface area contributed by atoms with E-state index < -0.39 is 6.10 Å². The van der Waals surface area contributed by atoms with E-state index >= 15 is 0 Å². The van der Waals surface area contributed by atoms with Gasteiger partial charge in [0, 0.05) is 18.0 Å². The van der Waals surface area contributed by atoms with E-state index in [4.69, 9.17) is 0 Å². The van der Waals surface area contributed by atoms with Gasteiger partial charge in [-0.05, 0) is 73.1 Å². The van der Waals surface area contributed by atoms with Crippen LogP contribution in [-0.4, -0.2) is 19.9 Å². The summed E-state index contributed by atoms with van der Waals surface area (Å²) in [5.74, 6) is 0.466. The topological polar surface area (TPSA) is 50.9 Å². The lowest BCUT2D eigenvalue weighted by atomic mass is 9.97. The van der Waals surface area contributed by atoms with Gasteiger partial charge in [-0.3, -0.25) is 9.67 Å². The van der Waals surface area contributed by atoms with E-state index in [0.29, 0.717) is 12.1 Å². The Labute approximate surface area is 152 Å². The first-order valence-electron chi connectivity index (χ1n) is 9.03. The molecule has 1 N–H and O–H groups in total. The Kier molecular flexibility index (Phi) is 4.55. The maximum absolute atomic E-state index is 13.6. The molecule has 1 fully saturated rings. The van der Waals surface area contributed by atoms with Crippen LogP contribution in [0.3, 0.4) is 0 Å². The first-order valence-corrected chi connectivity index (χ1v) is 9.03. The van der Waals surface area contributed by atoms with Crippen LogP contribution in [0.4, 0.5) is 4.39 Å². The molecule has 26 heavy (non-hydrogen) atoms. The molecule has 1 aromatic carbocycles. The van der Waals surface area contributed by atoms with Crippen LogP contribution in [0, 0.1) is 11.7 Å². The van der Waals surface area contributed by atoms with Crippen LogP contribution in [0.25, 0.3) is 11.3 Å². The molecule has 0 aliphatic heterocycles. The van der Waals surface area contributed by atoms with Crippen molar-refractivity contribution in [3.8, 4) is 11.3 Å². The van der Waals surface area contributed by atoms with Gasteiger partial charge in [0.1, 0.15) is 5.82 Å². The zero-order valence-corrected chi connectivity index (χ0v) is 14.8. The minimum atomic E-state index is -0.773. The summed E-state index contributed by atoms with van der Waals surface area (Å²) in [4.78, 5) is 4.51. The third-order valence-electron chi connectivity index (χ3n) is 4.85. The molecule has 1 aliphatic rings. The number of hydrogen-bond acceptors (Lipinski definition) is 3. The van der Waals surface area contributed by atoms with E-state index in [2.05, 4.69) is 16.3 Å². The van der Waals surface area contributed by atoms with Crippen LogP contribution in [0.15, 0.2) is 48.9 Å². The van der Waals surface area contributed by atoms with Crippen LogP contribution in [0.5, 0.6) is 0 Å². The first-order chi connectivity index (χ1) is 12.6. The summed E-state index contributed by atoms with van der Waals surface area (Å²) in [7, 11) is 0. The number of rotatable bonds is 6. The predicted molar refractivity (Wildman–Crippen MR) is 98.0 cm³/mol. The summed E-state index contributed by atoms with van der Waals surface area (Å²) in [6, 6.07) is 8.35. The van der Waals surface area contributed by atoms with E-state index in [1.165, 1.54) is 30.5 Å². The van der Waals surface area contributed by atoms with Crippen LogP contribution in [0.1, 0.15) is 42.6 Å². The third-order valence-corrected chi connectivity index (χ3v) is 4.85. The Morgan fingerprint density at radius 3 is 2.92 bits per heavy atom. The number of halogens is 1. The van der Waals surface area contributed by atoms with E-state index in [-0.39, 0.29) is 5.82 Å². The standard InChI is InChI=1S/C21H22FN3O/c1-14(26)20-10-18(22)6-7-19(20)21-17(3-2-8-23-21)13-25-12-16(11-24-25)9-15-4-5-15/h2-3,6-8,10-12,14-15,26H,4-5,9,13H2,1H3/t14-/m1/s1. The van der Waals surface area contributed by atoms with Crippen LogP contribution < -0.4 is 0 Å². The maximum Gasteiger partial charge on any atom is 0.123 e. The van der Waals surface area contributed by atoms with E-state index in [1.54, 1.807) is 19.2 Å². The van der Waals surface area contributed by atoms with Crippen molar-refractivity contribution in [1.82, 2.24) is 14.8 Å². The first kappa shape index (κ1) is 16.9. The molecule has 1 saturated carbocycles. The molecule has 5 heteroatoms. The van der Waals surface area contributed by atoms with Gasteiger partial charge in [-0.25, -0.2) is 4.39 Å². The summed E-state index contributed by atoms with van der Waals surface area (Å²) in [6.07, 6.45) is 8.72. The highest BCUT2D eigenvalue weighted by atomic mass is 19.1. The lowest BCUT2D eigenvalue weighted by Crippen LogP contribution is -2.05. The molecule has 2 heterocycles. The van der Waals surface area contributed by atoms with Crippen molar-refractivity contribution < 1.29 is 9.50 Å². The molecule has 1 atom stereocenters. The number of aromatic nitrogens is 3. The second-order valence-electron chi connectivity index (χ2n) is 7.11. The largest absolute Gasteiger partial charge is 0.389 e. The zero-order chi connectivity index (χ0) is 18.1. The van der Waals surface area contributed by atoms with Gasteiger partial charge in [0.15, 0.2) is 0 Å². The van der Waals surface area contributed by atoms with Gasteiger partial charge in [0.2, 0.25) is 0 Å². The van der Waals surface area contributed by atoms with Crippen molar-refractivity contribution in [2.24, 2.45) is 5.92 Å². The quantitative estimate of drug-likeness (QED) is 0.726. The smallest absolute Gasteiger partial charge is 0.123 e. The average Bonchev–Trinajstić information content (AvgIpc) is 3.33. The Morgan fingerprint density at radius 1 is 1.31 bits per heavy atom. The summed E-state index contributed by atoms with van der Waals surface area (Å²) in [6.45, 7) is 2.23. The van der Waals surface area contributed by atoms with Crippen molar-refractivity contribution >= 4 is 0 Å². The summed E-state index contributed by atoms with van der Waals surface area (Å²) < 4.78 is 15.6. The molecular formula is C21H22FN3O. The maximum atomic E-state index is 13.6. The number of hydrogen-bond donors (Lipinski definition) is 1. The number of pyridine rings is 1. The molecule has 0 radical (unpaired) electrons. The molecule has 2 aromatic heterocycles. The molecular weight excluding hydrogens is 329 g/mol. The SMILES string of the molecule is C[C@@H](O)c1cc(F)ccc1-c1ncccc1Cn1cc(CC2CC2)cn1. The van der Waals surface area contributed by atoms with Gasteiger partial charge in [-0.2, -0.15) is 5.10 Å². The Balaban J connectivity index is 1.66. The van der Waals surface area contributed by atoms with Gasteiger partial charge in [0.05, 0.1) is 24.5 Å². The highest BCUT2D eigenvalue weighted by Gasteiger charge is 2.22. The van der Waals surface area contributed by atoms with Gasteiger partial charge in [-0.15, -0.1) is 0 Å². The number of aliphatic hydroxyl groups excluding tert-OH is 1. The molecule has 1 aliphatic carbocycles. The molecule has 3 aromatic rings. The Bertz CT molecular complexity index is 915. The van der Waals surface area contributed by atoms with Crippen LogP contribution in [0.2, 0.25) is 0 Å². The number of benzene rings is 1. The molecule has 4 rings (SSSR count). The van der Waals surface area contributed by atoms with Gasteiger partial charge < -0.3 is 5.11 Å². The van der Waals surface area contributed by atoms with Crippen LogP contribution >= 0.6 is 0 Å². The van der Waals surface area contributed by atoms with Crippen molar-refractivity contribution in [2.75, 3.05) is 0 Å². The van der Waals surface area contributed by atoms with Crippen molar-refractivity contribution in [3.63, 3.8) is 0 Å². The number of nitrogens with zero attached hydrogens (tertiary/aromatic N) is 3. The lowest BCUT2D eigenvalue weighted by molar-refractivity contribution is 0.199. The second kappa shape index (κ2) is 7.00. The van der Waals surface area contributed by atoms with Gasteiger partial charge in [-0.1, -0.05) is 6.07 Å². The summed E-state index contributed by atoms with van der Waals surface area (Å²) >= 11 is 0. The summed E-state index contributed by atoms with van der Waals surface area (Å²) in [5.41, 5.74) is 4.30. The highest BCUT2D eigenvalue weighted by Crippen LogP contribution is 2.33. The monoisotopic (exact) mass is 351 g/mol. The second-order valence-corrected chi connectivity index (χ2v) is 7.11. The molecule has 134 valence electrons. The average molecular weight is 351 g/mol. The van der Waals surface area contributed by atoms with Gasteiger partial charge >= 0.3 is 0 Å². The van der Waals surface area contributed by atoms with Crippen molar-refractivity contribution in [3.05, 3.63) is 71.4 Å². The van der Waals surface area contributed by atoms with Crippen LogP contribution in [-0.2, 0) is 13.0 Å². The third kappa shape index (κ3) is 3.68. The van der Waals surface area contributed by atoms with Crippen molar-refractivity contribution in [2.45, 2.75) is 38.8 Å². The highest BCUT2D eigenvalue weighted by molar-refractivity contribution is 5.67. The molecule has 0 saturated heterocycles. The molecule has 0 spiro atoms. The fourth-order valence-electron chi connectivity index (χ4n) is 3.33. The minimum absolute atomic E-state index is 0.362. The zero-order valence-electron chi connectivity index (χ0n) is 14.8. The van der Waals surface area contributed by atoms with Crippen molar-refractivity contribution in [1.29, 1.82) is 0 Å². The molecule has 0 unspecified atom stereocenters. The van der Waals surface area contributed by atoms with E-state index in [9.17, 15) is 9.50 Å². The predicted octanol–water partition coefficient (Wildman–Crippen LogP) is 4.14.